The molecule has 4 nitrogen and oxygen atoms in total. The lowest BCUT2D eigenvalue weighted by Crippen LogP contribution is -2.32. The summed E-state index contributed by atoms with van der Waals surface area (Å²) in [4.78, 5) is 8.53. The molecule has 1 aromatic carbocycles. The number of carbonyl (C=O) groups is 1. The van der Waals surface area contributed by atoms with Gasteiger partial charge >= 0.3 is 12.1 Å². The number of ether oxygens (including phenoxy) is 3. The van der Waals surface area contributed by atoms with E-state index >= 15 is 0 Å². The molecule has 0 saturated carbocycles. The predicted octanol–water partition coefficient (Wildman–Crippen LogP) is 3.40. The first-order valence-electron chi connectivity index (χ1n) is 5.52. The fourth-order valence-electron chi connectivity index (χ4n) is 1.17. The normalized spacial score (nSPS) is 11.3. The number of alkyl halides is 4. The molecule has 0 saturated heterocycles. The van der Waals surface area contributed by atoms with Crippen LogP contribution < -0.4 is 9.47 Å². The number of hydrogen-bond donors (Lipinski definition) is 0. The van der Waals surface area contributed by atoms with Crippen LogP contribution in [0.25, 0.3) is 0 Å². The SMILES string of the molecule is CC(=O)OCCOc1cccc(OC(F)(F)C(Cl)Cl)c1. The van der Waals surface area contributed by atoms with Crippen molar-refractivity contribution in [1.82, 2.24) is 0 Å². The van der Waals surface area contributed by atoms with E-state index in [2.05, 4.69) is 9.47 Å². The zero-order valence-corrected chi connectivity index (χ0v) is 12.0. The Labute approximate surface area is 124 Å². The van der Waals surface area contributed by atoms with Crippen LogP contribution in [0, 0.1) is 0 Å². The Bertz CT molecular complexity index is 455. The van der Waals surface area contributed by atoms with Crippen molar-refractivity contribution < 1.29 is 27.8 Å². The summed E-state index contributed by atoms with van der Waals surface area (Å²) in [6.45, 7) is 1.42. The Hall–Kier alpha value is -1.27. The van der Waals surface area contributed by atoms with Crippen molar-refractivity contribution in [2.75, 3.05) is 13.2 Å². The minimum absolute atomic E-state index is 0.0576. The third kappa shape index (κ3) is 5.79. The summed E-state index contributed by atoms with van der Waals surface area (Å²) < 4.78 is 40.6. The Morgan fingerprint density at radius 3 is 2.55 bits per heavy atom. The second kappa shape index (κ2) is 7.50. The van der Waals surface area contributed by atoms with E-state index in [1.54, 1.807) is 0 Å². The van der Waals surface area contributed by atoms with Crippen molar-refractivity contribution in [3.63, 3.8) is 0 Å². The quantitative estimate of drug-likeness (QED) is 0.437. The van der Waals surface area contributed by atoms with E-state index in [1.807, 2.05) is 0 Å². The number of rotatable bonds is 7. The van der Waals surface area contributed by atoms with Crippen molar-refractivity contribution in [1.29, 1.82) is 0 Å². The maximum Gasteiger partial charge on any atom is 0.428 e. The zero-order valence-electron chi connectivity index (χ0n) is 10.4. The molecule has 0 bridgehead atoms. The molecular formula is C12H12Cl2F2O4. The largest absolute Gasteiger partial charge is 0.490 e. The van der Waals surface area contributed by atoms with Gasteiger partial charge in [0.15, 0.2) is 0 Å². The molecule has 0 spiro atoms. The molecule has 1 aromatic rings. The van der Waals surface area contributed by atoms with Crippen molar-refractivity contribution in [2.45, 2.75) is 17.9 Å². The van der Waals surface area contributed by atoms with Gasteiger partial charge in [-0.3, -0.25) is 4.79 Å². The lowest BCUT2D eigenvalue weighted by molar-refractivity contribution is -0.163. The van der Waals surface area contributed by atoms with Gasteiger partial charge in [-0.05, 0) is 12.1 Å². The average Bonchev–Trinajstić information content (AvgIpc) is 2.34. The highest BCUT2D eigenvalue weighted by Gasteiger charge is 2.40. The van der Waals surface area contributed by atoms with E-state index in [0.29, 0.717) is 0 Å². The maximum absolute atomic E-state index is 13.2. The molecule has 0 unspecified atom stereocenters. The molecule has 1 rings (SSSR count). The molecule has 0 aromatic heterocycles. The molecule has 20 heavy (non-hydrogen) atoms. The average molecular weight is 329 g/mol. The molecule has 0 fully saturated rings. The van der Waals surface area contributed by atoms with Crippen molar-refractivity contribution >= 4 is 29.2 Å². The molecule has 0 aliphatic carbocycles. The molecule has 0 amide bonds. The first-order valence-corrected chi connectivity index (χ1v) is 6.40. The van der Waals surface area contributed by atoms with Gasteiger partial charge < -0.3 is 14.2 Å². The van der Waals surface area contributed by atoms with Gasteiger partial charge in [0.2, 0.25) is 4.84 Å². The summed E-state index contributed by atoms with van der Waals surface area (Å²) in [5.74, 6) is -0.293. The van der Waals surface area contributed by atoms with E-state index in [1.165, 1.54) is 31.2 Å². The van der Waals surface area contributed by atoms with Crippen LogP contribution in [0.5, 0.6) is 11.5 Å². The first kappa shape index (κ1) is 16.8. The second-order valence-corrected chi connectivity index (χ2v) is 4.72. The topological polar surface area (TPSA) is 44.8 Å². The zero-order chi connectivity index (χ0) is 15.2. The van der Waals surface area contributed by atoms with Gasteiger partial charge in [-0.25, -0.2) is 0 Å². The first-order chi connectivity index (χ1) is 9.31. The van der Waals surface area contributed by atoms with E-state index in [4.69, 9.17) is 27.9 Å². The van der Waals surface area contributed by atoms with Crippen molar-refractivity contribution in [3.8, 4) is 11.5 Å². The van der Waals surface area contributed by atoms with Crippen LogP contribution in [0.1, 0.15) is 6.92 Å². The van der Waals surface area contributed by atoms with E-state index < -0.39 is 16.9 Å². The molecule has 0 atom stereocenters. The van der Waals surface area contributed by atoms with Crippen LogP contribution in [0.15, 0.2) is 24.3 Å². The Kier molecular flexibility index (Phi) is 6.29. The van der Waals surface area contributed by atoms with E-state index in [0.717, 1.165) is 0 Å². The van der Waals surface area contributed by atoms with Crippen molar-refractivity contribution in [2.24, 2.45) is 0 Å². The van der Waals surface area contributed by atoms with Crippen LogP contribution >= 0.6 is 23.2 Å². The molecule has 0 N–H and O–H groups in total. The molecule has 8 heteroatoms. The van der Waals surface area contributed by atoms with E-state index in [-0.39, 0.29) is 24.7 Å². The van der Waals surface area contributed by atoms with Crippen LogP contribution in [-0.4, -0.2) is 30.1 Å². The number of esters is 1. The standard InChI is InChI=1S/C12H12Cl2F2O4/c1-8(17)18-5-6-19-9-3-2-4-10(7-9)20-12(15,16)11(13)14/h2-4,7,11H,5-6H2,1H3. The Morgan fingerprint density at radius 1 is 1.30 bits per heavy atom. The highest BCUT2D eigenvalue weighted by Crippen LogP contribution is 2.31. The second-order valence-electron chi connectivity index (χ2n) is 3.63. The van der Waals surface area contributed by atoms with Gasteiger partial charge in [0.25, 0.3) is 0 Å². The number of carbonyl (C=O) groups excluding carboxylic acids is 1. The minimum Gasteiger partial charge on any atom is -0.490 e. The third-order valence-electron chi connectivity index (χ3n) is 1.97. The monoisotopic (exact) mass is 328 g/mol. The van der Waals surface area contributed by atoms with Gasteiger partial charge in [-0.2, -0.15) is 8.78 Å². The Morgan fingerprint density at radius 2 is 1.95 bits per heavy atom. The molecule has 0 heterocycles. The fourth-order valence-corrected chi connectivity index (χ4v) is 1.26. The van der Waals surface area contributed by atoms with Crippen LogP contribution in [0.2, 0.25) is 0 Å². The van der Waals surface area contributed by atoms with Gasteiger partial charge in [-0.15, -0.1) is 0 Å². The summed E-state index contributed by atoms with van der Waals surface area (Å²) in [5, 5.41) is 0. The van der Waals surface area contributed by atoms with Crippen LogP contribution in [-0.2, 0) is 9.53 Å². The third-order valence-corrected chi connectivity index (χ3v) is 2.48. The number of benzene rings is 1. The number of halogens is 4. The molecule has 0 aliphatic rings. The van der Waals surface area contributed by atoms with Crippen LogP contribution in [0.3, 0.4) is 0 Å². The maximum atomic E-state index is 13.2. The van der Waals surface area contributed by atoms with Gasteiger partial charge in [0.05, 0.1) is 0 Å². The minimum atomic E-state index is -3.71. The van der Waals surface area contributed by atoms with E-state index in [9.17, 15) is 13.6 Å². The lowest BCUT2D eigenvalue weighted by Gasteiger charge is -2.19. The summed E-state index contributed by atoms with van der Waals surface area (Å²) in [7, 11) is 0. The summed E-state index contributed by atoms with van der Waals surface area (Å²) >= 11 is 10.2. The number of hydrogen-bond acceptors (Lipinski definition) is 4. The Balaban J connectivity index is 2.55. The summed E-state index contributed by atoms with van der Waals surface area (Å²) in [5.41, 5.74) is 0. The lowest BCUT2D eigenvalue weighted by atomic mass is 10.3. The van der Waals surface area contributed by atoms with Gasteiger partial charge in [-0.1, -0.05) is 29.3 Å². The predicted molar refractivity (Wildman–Crippen MR) is 69.6 cm³/mol. The molecular weight excluding hydrogens is 317 g/mol. The van der Waals surface area contributed by atoms with Gasteiger partial charge in [0.1, 0.15) is 24.7 Å². The van der Waals surface area contributed by atoms with Crippen molar-refractivity contribution in [3.05, 3.63) is 24.3 Å². The summed E-state index contributed by atoms with van der Waals surface area (Å²) in [6, 6.07) is 5.56. The van der Waals surface area contributed by atoms with Gasteiger partial charge in [0, 0.05) is 13.0 Å². The highest BCUT2D eigenvalue weighted by molar-refractivity contribution is 6.44. The molecule has 0 radical (unpaired) electrons. The fraction of sp³-hybridized carbons (Fsp3) is 0.417. The van der Waals surface area contributed by atoms with Crippen LogP contribution in [0.4, 0.5) is 8.78 Å². The smallest absolute Gasteiger partial charge is 0.428 e. The highest BCUT2D eigenvalue weighted by atomic mass is 35.5. The molecule has 112 valence electrons. The molecule has 0 aliphatic heterocycles. The summed E-state index contributed by atoms with van der Waals surface area (Å²) in [6.07, 6.45) is -3.71.